The topological polar surface area (TPSA) is 116 Å². The molecular formula is C15H14N6O. The van der Waals surface area contributed by atoms with Gasteiger partial charge in [-0.3, -0.25) is 0 Å². The summed E-state index contributed by atoms with van der Waals surface area (Å²) in [6, 6.07) is 14.1. The normalized spacial score (nSPS) is 12.8. The Kier molecular flexibility index (Phi) is 3.53. The lowest BCUT2D eigenvalue weighted by atomic mass is 10.0. The molecule has 1 heterocycles. The van der Waals surface area contributed by atoms with Crippen molar-refractivity contribution in [2.75, 3.05) is 5.73 Å². The number of nitrogen functional groups attached to an aromatic ring is 1. The third-order valence-electron chi connectivity index (χ3n) is 3.24. The quantitative estimate of drug-likeness (QED) is 0.435. The number of rotatable bonds is 3. The Bertz CT molecular complexity index is 875. The van der Waals surface area contributed by atoms with E-state index in [1.165, 1.54) is 0 Å². The number of nitrogens with zero attached hydrogens (tertiary/aromatic N) is 4. The van der Waals surface area contributed by atoms with Crippen molar-refractivity contribution in [2.45, 2.75) is 6.92 Å². The SMILES string of the molecule is C/C(=N\N=C(\N)c1nonc1N)c1cccc2ccccc12. The van der Waals surface area contributed by atoms with E-state index in [9.17, 15) is 0 Å². The molecule has 0 bridgehead atoms. The van der Waals surface area contributed by atoms with Crippen LogP contribution in [0.15, 0.2) is 57.3 Å². The molecule has 3 aromatic rings. The number of hydrogen-bond donors (Lipinski definition) is 2. The lowest BCUT2D eigenvalue weighted by Crippen LogP contribution is -2.15. The Balaban J connectivity index is 1.99. The predicted molar refractivity (Wildman–Crippen MR) is 85.6 cm³/mol. The molecule has 0 fully saturated rings. The van der Waals surface area contributed by atoms with E-state index in [0.29, 0.717) is 0 Å². The second-order valence-corrected chi connectivity index (χ2v) is 4.70. The molecule has 0 aliphatic heterocycles. The number of fused-ring (bicyclic) bond motifs is 1. The molecule has 7 heteroatoms. The molecule has 0 saturated heterocycles. The number of nitrogens with two attached hydrogens (primary N) is 2. The van der Waals surface area contributed by atoms with Crippen LogP contribution in [-0.2, 0) is 0 Å². The molecule has 4 N–H and O–H groups in total. The number of anilines is 1. The minimum atomic E-state index is 0.0540. The monoisotopic (exact) mass is 294 g/mol. The first kappa shape index (κ1) is 13.7. The number of amidine groups is 1. The van der Waals surface area contributed by atoms with Crippen LogP contribution in [0.3, 0.4) is 0 Å². The molecule has 2 aromatic carbocycles. The molecule has 0 amide bonds. The van der Waals surface area contributed by atoms with Crippen molar-refractivity contribution < 1.29 is 4.63 Å². The second-order valence-electron chi connectivity index (χ2n) is 4.70. The van der Waals surface area contributed by atoms with Crippen LogP contribution in [0.4, 0.5) is 5.82 Å². The van der Waals surface area contributed by atoms with Gasteiger partial charge in [0.25, 0.3) is 0 Å². The van der Waals surface area contributed by atoms with Gasteiger partial charge in [0.1, 0.15) is 0 Å². The highest BCUT2D eigenvalue weighted by molar-refractivity contribution is 6.10. The Labute approximate surface area is 126 Å². The summed E-state index contributed by atoms with van der Waals surface area (Å²) in [4.78, 5) is 0. The van der Waals surface area contributed by atoms with Gasteiger partial charge in [-0.15, -0.1) is 5.10 Å². The average Bonchev–Trinajstić information content (AvgIpc) is 2.98. The Morgan fingerprint density at radius 1 is 1.05 bits per heavy atom. The predicted octanol–water partition coefficient (Wildman–Crippen LogP) is 1.93. The Hall–Kier alpha value is -3.22. The van der Waals surface area contributed by atoms with Crippen LogP contribution in [0.25, 0.3) is 10.8 Å². The fraction of sp³-hybridized carbons (Fsp3) is 0.0667. The highest BCUT2D eigenvalue weighted by Gasteiger charge is 2.10. The third kappa shape index (κ3) is 2.51. The third-order valence-corrected chi connectivity index (χ3v) is 3.24. The van der Waals surface area contributed by atoms with Crippen molar-refractivity contribution in [1.29, 1.82) is 0 Å². The van der Waals surface area contributed by atoms with Gasteiger partial charge in [0, 0.05) is 5.56 Å². The fourth-order valence-corrected chi connectivity index (χ4v) is 2.14. The van der Waals surface area contributed by atoms with Crippen molar-refractivity contribution in [3.8, 4) is 0 Å². The maximum Gasteiger partial charge on any atom is 0.199 e. The van der Waals surface area contributed by atoms with E-state index in [4.69, 9.17) is 11.5 Å². The highest BCUT2D eigenvalue weighted by Crippen LogP contribution is 2.19. The van der Waals surface area contributed by atoms with Crippen molar-refractivity contribution >= 4 is 28.1 Å². The van der Waals surface area contributed by atoms with Gasteiger partial charge in [0.15, 0.2) is 17.3 Å². The van der Waals surface area contributed by atoms with Crippen LogP contribution >= 0.6 is 0 Å². The zero-order chi connectivity index (χ0) is 15.5. The summed E-state index contributed by atoms with van der Waals surface area (Å²) in [6.45, 7) is 1.86. The first-order valence-corrected chi connectivity index (χ1v) is 6.61. The first-order chi connectivity index (χ1) is 10.7. The molecule has 0 saturated carbocycles. The zero-order valence-electron chi connectivity index (χ0n) is 11.9. The van der Waals surface area contributed by atoms with Crippen molar-refractivity contribution in [3.63, 3.8) is 0 Å². The van der Waals surface area contributed by atoms with Crippen molar-refractivity contribution in [2.24, 2.45) is 15.9 Å². The minimum Gasteiger partial charge on any atom is -0.380 e. The number of aromatic nitrogens is 2. The molecule has 0 unspecified atom stereocenters. The summed E-state index contributed by atoms with van der Waals surface area (Å²) in [5.74, 6) is 0.137. The molecule has 0 aliphatic carbocycles. The number of hydrogen-bond acceptors (Lipinski definition) is 6. The summed E-state index contributed by atoms with van der Waals surface area (Å²) in [5, 5.41) is 17.4. The van der Waals surface area contributed by atoms with Crippen LogP contribution in [-0.4, -0.2) is 21.9 Å². The van der Waals surface area contributed by atoms with Crippen LogP contribution in [0.2, 0.25) is 0 Å². The Morgan fingerprint density at radius 2 is 1.82 bits per heavy atom. The van der Waals surface area contributed by atoms with Gasteiger partial charge in [-0.05, 0) is 28.0 Å². The summed E-state index contributed by atoms with van der Waals surface area (Å²) in [6.07, 6.45) is 0. The van der Waals surface area contributed by atoms with Gasteiger partial charge < -0.3 is 11.5 Å². The molecule has 22 heavy (non-hydrogen) atoms. The summed E-state index contributed by atoms with van der Waals surface area (Å²) >= 11 is 0. The second kappa shape index (κ2) is 5.65. The van der Waals surface area contributed by atoms with Crippen LogP contribution in [0.1, 0.15) is 18.2 Å². The lowest BCUT2D eigenvalue weighted by Gasteiger charge is -2.04. The molecule has 0 atom stereocenters. The summed E-state index contributed by atoms with van der Waals surface area (Å²) in [7, 11) is 0. The first-order valence-electron chi connectivity index (χ1n) is 6.61. The van der Waals surface area contributed by atoms with Gasteiger partial charge in [0.2, 0.25) is 0 Å². The molecular weight excluding hydrogens is 280 g/mol. The van der Waals surface area contributed by atoms with Crippen molar-refractivity contribution in [1.82, 2.24) is 10.3 Å². The summed E-state index contributed by atoms with van der Waals surface area (Å²) in [5.41, 5.74) is 13.2. The molecule has 0 spiro atoms. The van der Waals surface area contributed by atoms with Crippen molar-refractivity contribution in [3.05, 3.63) is 53.7 Å². The van der Waals surface area contributed by atoms with Crippen LogP contribution < -0.4 is 11.5 Å². The van der Waals surface area contributed by atoms with Gasteiger partial charge in [-0.25, -0.2) is 4.63 Å². The van der Waals surface area contributed by atoms with E-state index in [-0.39, 0.29) is 17.3 Å². The largest absolute Gasteiger partial charge is 0.380 e. The molecule has 0 radical (unpaired) electrons. The van der Waals surface area contributed by atoms with Crippen LogP contribution in [0.5, 0.6) is 0 Å². The maximum absolute atomic E-state index is 5.78. The standard InChI is InChI=1S/C15H14N6O/c1-9(18-19-14(16)13-15(17)21-22-20-13)11-8-4-6-10-5-2-3-7-12(10)11/h2-8H,1H3,(H2,16,19)(H2,17,21)/b18-9+. The molecule has 3 rings (SSSR count). The maximum atomic E-state index is 5.78. The summed E-state index contributed by atoms with van der Waals surface area (Å²) < 4.78 is 4.48. The highest BCUT2D eigenvalue weighted by atomic mass is 16.6. The average molecular weight is 294 g/mol. The van der Waals surface area contributed by atoms with Gasteiger partial charge in [-0.1, -0.05) is 42.5 Å². The lowest BCUT2D eigenvalue weighted by molar-refractivity contribution is 0.308. The van der Waals surface area contributed by atoms with E-state index < -0.39 is 0 Å². The zero-order valence-corrected chi connectivity index (χ0v) is 11.9. The van der Waals surface area contributed by atoms with E-state index in [1.54, 1.807) is 0 Å². The van der Waals surface area contributed by atoms with E-state index in [0.717, 1.165) is 22.0 Å². The van der Waals surface area contributed by atoms with Crippen LogP contribution in [0, 0.1) is 0 Å². The van der Waals surface area contributed by atoms with E-state index in [2.05, 4.69) is 25.1 Å². The van der Waals surface area contributed by atoms with Gasteiger partial charge >= 0.3 is 0 Å². The number of benzene rings is 2. The molecule has 0 aliphatic rings. The van der Waals surface area contributed by atoms with Gasteiger partial charge in [-0.2, -0.15) is 5.10 Å². The molecule has 1 aromatic heterocycles. The van der Waals surface area contributed by atoms with E-state index >= 15 is 0 Å². The van der Waals surface area contributed by atoms with Gasteiger partial charge in [0.05, 0.1) is 5.71 Å². The molecule has 110 valence electrons. The Morgan fingerprint density at radius 3 is 2.59 bits per heavy atom. The molecule has 7 nitrogen and oxygen atoms in total. The van der Waals surface area contributed by atoms with E-state index in [1.807, 2.05) is 49.4 Å². The smallest absolute Gasteiger partial charge is 0.199 e. The fourth-order valence-electron chi connectivity index (χ4n) is 2.14. The minimum absolute atomic E-state index is 0.0540.